The fraction of sp³-hybridized carbons (Fsp3) is 0.286. The lowest BCUT2D eigenvalue weighted by Gasteiger charge is -2.36. The lowest BCUT2D eigenvalue weighted by atomic mass is 10.1. The van der Waals surface area contributed by atoms with Crippen molar-refractivity contribution < 1.29 is 13.7 Å². The van der Waals surface area contributed by atoms with E-state index < -0.39 is 5.82 Å². The Morgan fingerprint density at radius 3 is 2.54 bits per heavy atom. The highest BCUT2D eigenvalue weighted by Gasteiger charge is 2.28. The Morgan fingerprint density at radius 1 is 1.07 bits per heavy atom. The molecule has 1 aliphatic heterocycles. The molecule has 6 nitrogen and oxygen atoms in total. The normalized spacial score (nSPS) is 16.1. The van der Waals surface area contributed by atoms with Gasteiger partial charge in [0, 0.05) is 37.3 Å². The van der Waals surface area contributed by atoms with Crippen molar-refractivity contribution in [1.29, 1.82) is 0 Å². The zero-order valence-electron chi connectivity index (χ0n) is 15.6. The topological polar surface area (TPSA) is 62.5 Å². The number of carbonyl (C=O) groups excluding carboxylic acids is 1. The maximum Gasteiger partial charge on any atom is 0.254 e. The molecule has 0 N–H and O–H groups in total. The molecule has 0 saturated carbocycles. The van der Waals surface area contributed by atoms with Gasteiger partial charge in [-0.05, 0) is 25.1 Å². The Kier molecular flexibility index (Phi) is 5.16. The monoisotopic (exact) mass is 380 g/mol. The van der Waals surface area contributed by atoms with E-state index in [1.165, 1.54) is 12.1 Å². The highest BCUT2D eigenvalue weighted by atomic mass is 19.1. The minimum absolute atomic E-state index is 0.0450. The van der Waals surface area contributed by atoms with Gasteiger partial charge in [-0.15, -0.1) is 0 Å². The summed E-state index contributed by atoms with van der Waals surface area (Å²) in [7, 11) is 0. The standard InChI is InChI=1S/C21H21FN4O2/c1-15(20-23-19(24-28-20)16-6-3-2-4-7-16)25-10-12-26(13-11-25)21(27)17-8-5-9-18(22)14-17/h2-9,14-15H,10-13H2,1H3. The molecule has 2 heterocycles. The van der Waals surface area contributed by atoms with Gasteiger partial charge in [0.1, 0.15) is 5.82 Å². The molecule has 2 aromatic carbocycles. The number of hydrogen-bond acceptors (Lipinski definition) is 5. The van der Waals surface area contributed by atoms with E-state index in [1.807, 2.05) is 37.3 Å². The van der Waals surface area contributed by atoms with Crippen LogP contribution in [0.2, 0.25) is 0 Å². The van der Waals surface area contributed by atoms with Crippen LogP contribution in [0, 0.1) is 5.82 Å². The molecule has 0 bridgehead atoms. The number of carbonyl (C=O) groups is 1. The molecule has 7 heteroatoms. The zero-order valence-corrected chi connectivity index (χ0v) is 15.6. The van der Waals surface area contributed by atoms with Crippen LogP contribution in [-0.2, 0) is 0 Å². The van der Waals surface area contributed by atoms with Crippen molar-refractivity contribution in [3.05, 3.63) is 71.9 Å². The van der Waals surface area contributed by atoms with E-state index in [1.54, 1.807) is 17.0 Å². The van der Waals surface area contributed by atoms with Crippen molar-refractivity contribution in [2.75, 3.05) is 26.2 Å². The van der Waals surface area contributed by atoms with Gasteiger partial charge < -0.3 is 9.42 Å². The maximum absolute atomic E-state index is 13.4. The molecule has 1 amide bonds. The Labute approximate surface area is 162 Å². The van der Waals surface area contributed by atoms with Crippen LogP contribution in [0.25, 0.3) is 11.4 Å². The first-order chi connectivity index (χ1) is 13.6. The number of amides is 1. The van der Waals surface area contributed by atoms with E-state index in [2.05, 4.69) is 15.0 Å². The van der Waals surface area contributed by atoms with E-state index >= 15 is 0 Å². The van der Waals surface area contributed by atoms with Crippen LogP contribution in [-0.4, -0.2) is 52.0 Å². The molecule has 0 radical (unpaired) electrons. The van der Waals surface area contributed by atoms with E-state index in [0.29, 0.717) is 43.5 Å². The molecule has 3 aromatic rings. The number of nitrogens with zero attached hydrogens (tertiary/aromatic N) is 4. The summed E-state index contributed by atoms with van der Waals surface area (Å²) in [6, 6.07) is 15.5. The molecule has 1 aliphatic rings. The summed E-state index contributed by atoms with van der Waals surface area (Å²) < 4.78 is 18.8. The summed E-state index contributed by atoms with van der Waals surface area (Å²) in [5, 5.41) is 4.08. The van der Waals surface area contributed by atoms with E-state index in [4.69, 9.17) is 4.52 Å². The first-order valence-electron chi connectivity index (χ1n) is 9.30. The predicted molar refractivity (Wildman–Crippen MR) is 102 cm³/mol. The summed E-state index contributed by atoms with van der Waals surface area (Å²) in [4.78, 5) is 21.0. The van der Waals surface area contributed by atoms with Crippen molar-refractivity contribution in [2.45, 2.75) is 13.0 Å². The number of halogens is 1. The summed E-state index contributed by atoms with van der Waals surface area (Å²) >= 11 is 0. The fourth-order valence-corrected chi connectivity index (χ4v) is 3.38. The number of aromatic nitrogens is 2. The average molecular weight is 380 g/mol. The Morgan fingerprint density at radius 2 is 1.82 bits per heavy atom. The molecule has 1 aromatic heterocycles. The van der Waals surface area contributed by atoms with E-state index in [9.17, 15) is 9.18 Å². The molecule has 1 fully saturated rings. The van der Waals surface area contributed by atoms with Crippen molar-refractivity contribution in [3.8, 4) is 11.4 Å². The van der Waals surface area contributed by atoms with Gasteiger partial charge in [-0.2, -0.15) is 4.98 Å². The smallest absolute Gasteiger partial charge is 0.254 e. The number of piperazine rings is 1. The van der Waals surface area contributed by atoms with E-state index in [-0.39, 0.29) is 11.9 Å². The number of rotatable bonds is 4. The number of benzene rings is 2. The number of hydrogen-bond donors (Lipinski definition) is 0. The predicted octanol–water partition coefficient (Wildman–Crippen LogP) is 3.39. The van der Waals surface area contributed by atoms with Gasteiger partial charge in [0.15, 0.2) is 0 Å². The molecule has 1 unspecified atom stereocenters. The third-order valence-electron chi connectivity index (χ3n) is 5.05. The van der Waals surface area contributed by atoms with Gasteiger partial charge in [-0.1, -0.05) is 41.6 Å². The van der Waals surface area contributed by atoms with Gasteiger partial charge >= 0.3 is 0 Å². The first-order valence-corrected chi connectivity index (χ1v) is 9.30. The SMILES string of the molecule is CC(c1nc(-c2ccccc2)no1)N1CCN(C(=O)c2cccc(F)c2)CC1. The lowest BCUT2D eigenvalue weighted by Crippen LogP contribution is -2.49. The average Bonchev–Trinajstić information content (AvgIpc) is 3.24. The van der Waals surface area contributed by atoms with Crippen molar-refractivity contribution in [3.63, 3.8) is 0 Å². The van der Waals surface area contributed by atoms with Crippen LogP contribution in [0.4, 0.5) is 4.39 Å². The molecule has 1 atom stereocenters. The molecule has 4 rings (SSSR count). The first kappa shape index (κ1) is 18.3. The summed E-state index contributed by atoms with van der Waals surface area (Å²) in [5.41, 5.74) is 1.29. The van der Waals surface area contributed by atoms with E-state index in [0.717, 1.165) is 5.56 Å². The highest BCUT2D eigenvalue weighted by Crippen LogP contribution is 2.23. The van der Waals surface area contributed by atoms with Crippen molar-refractivity contribution >= 4 is 5.91 Å². The largest absolute Gasteiger partial charge is 0.337 e. The minimum atomic E-state index is -0.399. The van der Waals surface area contributed by atoms with Crippen molar-refractivity contribution in [2.24, 2.45) is 0 Å². The minimum Gasteiger partial charge on any atom is -0.337 e. The van der Waals surface area contributed by atoms with Crippen LogP contribution in [0.5, 0.6) is 0 Å². The van der Waals surface area contributed by atoms with Crippen LogP contribution in [0.15, 0.2) is 59.1 Å². The third-order valence-corrected chi connectivity index (χ3v) is 5.05. The molecule has 28 heavy (non-hydrogen) atoms. The van der Waals surface area contributed by atoms with Crippen LogP contribution >= 0.6 is 0 Å². The van der Waals surface area contributed by atoms with Crippen molar-refractivity contribution in [1.82, 2.24) is 19.9 Å². The zero-order chi connectivity index (χ0) is 19.5. The molecule has 0 spiro atoms. The molecular weight excluding hydrogens is 359 g/mol. The second kappa shape index (κ2) is 7.90. The molecule has 1 saturated heterocycles. The van der Waals surface area contributed by atoms with Gasteiger partial charge in [0.25, 0.3) is 5.91 Å². The Bertz CT molecular complexity index is 952. The van der Waals surface area contributed by atoms with Gasteiger partial charge in [-0.3, -0.25) is 9.69 Å². The van der Waals surface area contributed by atoms with Crippen LogP contribution < -0.4 is 0 Å². The summed E-state index contributed by atoms with van der Waals surface area (Å²) in [5.74, 6) is 0.589. The molecule has 144 valence electrons. The van der Waals surface area contributed by atoms with Gasteiger partial charge in [0.2, 0.25) is 11.7 Å². The van der Waals surface area contributed by atoms with Gasteiger partial charge in [0.05, 0.1) is 6.04 Å². The Balaban J connectivity index is 1.38. The summed E-state index contributed by atoms with van der Waals surface area (Å²) in [6.07, 6.45) is 0. The highest BCUT2D eigenvalue weighted by molar-refractivity contribution is 5.94. The second-order valence-corrected chi connectivity index (χ2v) is 6.84. The fourth-order valence-electron chi connectivity index (χ4n) is 3.38. The van der Waals surface area contributed by atoms with Gasteiger partial charge in [-0.25, -0.2) is 4.39 Å². The Hall–Kier alpha value is -3.06. The molecular formula is C21H21FN4O2. The second-order valence-electron chi connectivity index (χ2n) is 6.84. The van der Waals surface area contributed by atoms with Crippen LogP contribution in [0.1, 0.15) is 29.2 Å². The lowest BCUT2D eigenvalue weighted by molar-refractivity contribution is 0.0551. The third kappa shape index (κ3) is 3.80. The van der Waals surface area contributed by atoms with Crippen LogP contribution in [0.3, 0.4) is 0 Å². The maximum atomic E-state index is 13.4. The summed E-state index contributed by atoms with van der Waals surface area (Å²) in [6.45, 7) is 4.53. The molecule has 0 aliphatic carbocycles. The quantitative estimate of drug-likeness (QED) is 0.694.